The number of methoxy groups -OCH3 is 2. The van der Waals surface area contributed by atoms with Gasteiger partial charge in [-0.2, -0.15) is 0 Å². The number of carboxylic acids is 1. The van der Waals surface area contributed by atoms with Crippen molar-refractivity contribution in [3.05, 3.63) is 52.4 Å². The molecule has 1 aliphatic heterocycles. The molecule has 1 amide bonds. The van der Waals surface area contributed by atoms with Gasteiger partial charge < -0.3 is 19.7 Å². The molecule has 3 rings (SSSR count). The molecule has 2 N–H and O–H groups in total. The van der Waals surface area contributed by atoms with Gasteiger partial charge >= 0.3 is 5.97 Å². The summed E-state index contributed by atoms with van der Waals surface area (Å²) in [4.78, 5) is 29.8. The Morgan fingerprint density at radius 1 is 1.14 bits per heavy atom. The summed E-state index contributed by atoms with van der Waals surface area (Å²) < 4.78 is 10.3. The summed E-state index contributed by atoms with van der Waals surface area (Å²) in [7, 11) is 4.46. The van der Waals surface area contributed by atoms with Gasteiger partial charge in [-0.05, 0) is 59.8 Å². The number of ether oxygens (including phenoxy) is 2. The van der Waals surface area contributed by atoms with Crippen LogP contribution in [0.15, 0.2) is 46.3 Å². The molecule has 2 aromatic rings. The van der Waals surface area contributed by atoms with E-state index in [2.05, 4.69) is 4.99 Å². The van der Waals surface area contributed by atoms with Crippen LogP contribution in [0, 0.1) is 0 Å². The smallest absolute Gasteiger partial charge is 0.335 e. The first kappa shape index (κ1) is 20.3. The number of amidine groups is 1. The Kier molecular flexibility index (Phi) is 5.79. The number of hydrogen-bond acceptors (Lipinski definition) is 7. The minimum atomic E-state index is -1.02. The number of carboxylic acid groups (broad SMARTS) is 1. The molecule has 0 bridgehead atoms. The number of aliphatic imine (C=N–C) groups is 1. The van der Waals surface area contributed by atoms with Gasteiger partial charge in [0.25, 0.3) is 5.91 Å². The van der Waals surface area contributed by atoms with Gasteiger partial charge in [0.2, 0.25) is 5.75 Å². The number of amides is 1. The SMILES string of the molecule is COc1cc(/C=C2\SC(=Nc3ccc(C(=O)O)cc3)N(C)C2=O)cc(OC)c1O. The molecule has 0 saturated carbocycles. The third kappa shape index (κ3) is 4.19. The van der Waals surface area contributed by atoms with E-state index in [1.165, 1.54) is 43.0 Å². The van der Waals surface area contributed by atoms with Crippen LogP contribution >= 0.6 is 11.8 Å². The molecule has 0 atom stereocenters. The molecule has 8 nitrogen and oxygen atoms in total. The Hall–Kier alpha value is -3.46. The first-order chi connectivity index (χ1) is 13.8. The van der Waals surface area contributed by atoms with Gasteiger partial charge in [-0.3, -0.25) is 9.69 Å². The Bertz CT molecular complexity index is 1000. The van der Waals surface area contributed by atoms with Crippen molar-refractivity contribution in [2.45, 2.75) is 0 Å². The maximum atomic E-state index is 12.6. The highest BCUT2D eigenvalue weighted by Gasteiger charge is 2.30. The summed E-state index contributed by atoms with van der Waals surface area (Å²) in [5.41, 5.74) is 1.31. The fourth-order valence-electron chi connectivity index (χ4n) is 2.59. The number of thioether (sulfide) groups is 1. The van der Waals surface area contributed by atoms with Crippen molar-refractivity contribution < 1.29 is 29.3 Å². The van der Waals surface area contributed by atoms with Crippen LogP contribution in [0.25, 0.3) is 6.08 Å². The first-order valence-corrected chi connectivity index (χ1v) is 9.20. The van der Waals surface area contributed by atoms with E-state index in [0.717, 1.165) is 0 Å². The minimum Gasteiger partial charge on any atom is -0.502 e. The zero-order chi connectivity index (χ0) is 21.1. The van der Waals surface area contributed by atoms with Crippen LogP contribution in [0.4, 0.5) is 5.69 Å². The van der Waals surface area contributed by atoms with E-state index in [9.17, 15) is 14.7 Å². The van der Waals surface area contributed by atoms with Gasteiger partial charge in [0, 0.05) is 7.05 Å². The number of aromatic hydroxyl groups is 1. The Labute approximate surface area is 171 Å². The highest BCUT2D eigenvalue weighted by Crippen LogP contribution is 2.39. The largest absolute Gasteiger partial charge is 0.502 e. The summed E-state index contributed by atoms with van der Waals surface area (Å²) in [6.45, 7) is 0. The number of phenolic OH excluding ortho intramolecular Hbond substituents is 1. The fourth-order valence-corrected chi connectivity index (χ4v) is 3.58. The maximum Gasteiger partial charge on any atom is 0.335 e. The van der Waals surface area contributed by atoms with Crippen molar-refractivity contribution in [2.24, 2.45) is 4.99 Å². The van der Waals surface area contributed by atoms with Crippen molar-refractivity contribution in [2.75, 3.05) is 21.3 Å². The van der Waals surface area contributed by atoms with Crippen LogP contribution in [0.5, 0.6) is 17.2 Å². The standard InChI is InChI=1S/C20H18N2O6S/c1-22-18(24)16(10-11-8-14(27-2)17(23)15(9-11)28-3)29-20(22)21-13-6-4-12(5-7-13)19(25)26/h4-10,23H,1-3H3,(H,25,26)/b16-10-,21-20?. The van der Waals surface area contributed by atoms with Gasteiger partial charge in [0.15, 0.2) is 16.7 Å². The molecule has 0 radical (unpaired) electrons. The van der Waals surface area contributed by atoms with Crippen LogP contribution in [-0.2, 0) is 4.79 Å². The third-order valence-electron chi connectivity index (χ3n) is 4.14. The number of rotatable bonds is 5. The maximum absolute atomic E-state index is 12.6. The zero-order valence-electron chi connectivity index (χ0n) is 15.9. The summed E-state index contributed by atoms with van der Waals surface area (Å²) in [5, 5.41) is 19.5. The lowest BCUT2D eigenvalue weighted by Crippen LogP contribution is -2.23. The quantitative estimate of drug-likeness (QED) is 0.722. The highest BCUT2D eigenvalue weighted by atomic mass is 32.2. The number of benzene rings is 2. The average Bonchev–Trinajstić information content (AvgIpc) is 2.97. The normalized spacial score (nSPS) is 16.5. The number of likely N-dealkylation sites (N-methyl/N-ethyl adjacent to an activating group) is 1. The molecule has 1 fully saturated rings. The molecule has 150 valence electrons. The second kappa shape index (κ2) is 8.27. The fraction of sp³-hybridized carbons (Fsp3) is 0.150. The Morgan fingerprint density at radius 3 is 2.24 bits per heavy atom. The molecule has 0 aromatic heterocycles. The van der Waals surface area contributed by atoms with Gasteiger partial charge in [-0.25, -0.2) is 9.79 Å². The summed E-state index contributed by atoms with van der Waals surface area (Å²) in [6.07, 6.45) is 1.66. The van der Waals surface area contributed by atoms with E-state index >= 15 is 0 Å². The van der Waals surface area contributed by atoms with Crippen LogP contribution in [0.2, 0.25) is 0 Å². The minimum absolute atomic E-state index is 0.119. The van der Waals surface area contributed by atoms with Gasteiger partial charge in [-0.15, -0.1) is 0 Å². The molecule has 9 heteroatoms. The van der Waals surface area contributed by atoms with Crippen molar-refractivity contribution in [1.82, 2.24) is 4.90 Å². The molecule has 1 heterocycles. The molecule has 0 spiro atoms. The lowest BCUT2D eigenvalue weighted by Gasteiger charge is -2.09. The van der Waals surface area contributed by atoms with Crippen molar-refractivity contribution in [3.8, 4) is 17.2 Å². The predicted octanol–water partition coefficient (Wildman–Crippen LogP) is 3.34. The summed E-state index contributed by atoms with van der Waals surface area (Å²) >= 11 is 1.19. The molecule has 1 aliphatic rings. The Morgan fingerprint density at radius 2 is 1.72 bits per heavy atom. The van der Waals surface area contributed by atoms with E-state index < -0.39 is 5.97 Å². The lowest BCUT2D eigenvalue weighted by molar-refractivity contribution is -0.121. The lowest BCUT2D eigenvalue weighted by atomic mass is 10.1. The van der Waals surface area contributed by atoms with Crippen LogP contribution in [-0.4, -0.2) is 53.4 Å². The predicted molar refractivity (Wildman–Crippen MR) is 110 cm³/mol. The monoisotopic (exact) mass is 414 g/mol. The zero-order valence-corrected chi connectivity index (χ0v) is 16.7. The second-order valence-corrected chi connectivity index (χ2v) is 7.00. The van der Waals surface area contributed by atoms with Gasteiger partial charge in [0.05, 0.1) is 30.4 Å². The number of nitrogens with zero attached hydrogens (tertiary/aromatic N) is 2. The van der Waals surface area contributed by atoms with E-state index in [1.807, 2.05) is 0 Å². The molecular weight excluding hydrogens is 396 g/mol. The van der Waals surface area contributed by atoms with Crippen molar-refractivity contribution >= 4 is 40.6 Å². The van der Waals surface area contributed by atoms with E-state index in [-0.39, 0.29) is 28.7 Å². The van der Waals surface area contributed by atoms with Crippen LogP contribution in [0.1, 0.15) is 15.9 Å². The second-order valence-electron chi connectivity index (χ2n) is 6.00. The average molecular weight is 414 g/mol. The first-order valence-electron chi connectivity index (χ1n) is 8.38. The molecule has 0 unspecified atom stereocenters. The van der Waals surface area contributed by atoms with Crippen LogP contribution < -0.4 is 9.47 Å². The van der Waals surface area contributed by atoms with Crippen LogP contribution in [0.3, 0.4) is 0 Å². The van der Waals surface area contributed by atoms with E-state index in [0.29, 0.717) is 21.3 Å². The van der Waals surface area contributed by atoms with Gasteiger partial charge in [0.1, 0.15) is 0 Å². The summed E-state index contributed by atoms with van der Waals surface area (Å²) in [6, 6.07) is 9.25. The number of phenols is 1. The number of carbonyl (C=O) groups excluding carboxylic acids is 1. The third-order valence-corrected chi connectivity index (χ3v) is 5.20. The molecule has 2 aromatic carbocycles. The van der Waals surface area contributed by atoms with E-state index in [1.54, 1.807) is 37.4 Å². The number of aromatic carboxylic acids is 1. The van der Waals surface area contributed by atoms with E-state index in [4.69, 9.17) is 14.6 Å². The number of hydrogen-bond donors (Lipinski definition) is 2. The summed E-state index contributed by atoms with van der Waals surface area (Å²) in [5.74, 6) is -0.912. The Balaban J connectivity index is 1.91. The van der Waals surface area contributed by atoms with Crippen molar-refractivity contribution in [1.29, 1.82) is 0 Å². The molecule has 1 saturated heterocycles. The molecule has 29 heavy (non-hydrogen) atoms. The highest BCUT2D eigenvalue weighted by molar-refractivity contribution is 8.18. The molecular formula is C20H18N2O6S. The van der Waals surface area contributed by atoms with Crippen molar-refractivity contribution in [3.63, 3.8) is 0 Å². The molecule has 0 aliphatic carbocycles. The topological polar surface area (TPSA) is 109 Å². The number of carbonyl (C=O) groups is 2. The van der Waals surface area contributed by atoms with Gasteiger partial charge in [-0.1, -0.05) is 0 Å².